The summed E-state index contributed by atoms with van der Waals surface area (Å²) in [6.45, 7) is 10.6. The van der Waals surface area contributed by atoms with Crippen molar-refractivity contribution in [3.63, 3.8) is 0 Å². The zero-order chi connectivity index (χ0) is 49.5. The average Bonchev–Trinajstić information content (AvgIpc) is 3.50. The van der Waals surface area contributed by atoms with Gasteiger partial charge < -0.3 is 43.5 Å². The molecular weight excluding hydrogens is 1080 g/mol. The van der Waals surface area contributed by atoms with Gasteiger partial charge in [-0.05, 0) is 83.0 Å². The van der Waals surface area contributed by atoms with E-state index >= 15 is 0 Å². The van der Waals surface area contributed by atoms with Crippen molar-refractivity contribution in [1.29, 1.82) is 0 Å². The van der Waals surface area contributed by atoms with Gasteiger partial charge in [0.05, 0.1) is 57.5 Å². The van der Waals surface area contributed by atoms with Gasteiger partial charge in [-0.25, -0.2) is 9.65 Å². The minimum absolute atomic E-state index is 0. The second kappa shape index (κ2) is 43.1. The summed E-state index contributed by atoms with van der Waals surface area (Å²) < 4.78 is 128. The summed E-state index contributed by atoms with van der Waals surface area (Å²) in [4.78, 5) is 0. The number of ether oxygens (including phenoxy) is 3. The Morgan fingerprint density at radius 3 is 1.49 bits per heavy atom. The normalized spacial score (nSPS) is 22.3. The van der Waals surface area contributed by atoms with E-state index in [1.54, 1.807) is 41.9 Å². The number of nitrogens with one attached hydrogen (secondary N) is 1. The maximum absolute atomic E-state index is 12.5. The van der Waals surface area contributed by atoms with E-state index in [0.29, 0.717) is 25.9 Å². The van der Waals surface area contributed by atoms with E-state index in [1.165, 1.54) is 53.0 Å². The fraction of sp³-hybridized carbons (Fsp3) is 1.00. The average molecular weight is 1150 g/mol. The Hall–Kier alpha value is 2.68. The van der Waals surface area contributed by atoms with Crippen molar-refractivity contribution in [2.24, 2.45) is 5.73 Å². The number of halogens is 4. The molecule has 388 valence electrons. The molecule has 21 nitrogen and oxygen atoms in total. The van der Waals surface area contributed by atoms with E-state index in [-0.39, 0.29) is 79.2 Å². The molecule has 3 rings (SSSR count). The van der Waals surface area contributed by atoms with Crippen LogP contribution in [0.25, 0.3) is 0 Å². The summed E-state index contributed by atoms with van der Waals surface area (Å²) in [5, 5.41) is 3.01. The summed E-state index contributed by atoms with van der Waals surface area (Å²) in [5.74, 6) is 0. The van der Waals surface area contributed by atoms with Gasteiger partial charge in [0.25, 0.3) is 14.2 Å². The van der Waals surface area contributed by atoms with Crippen LogP contribution in [0.3, 0.4) is 0 Å². The van der Waals surface area contributed by atoms with Crippen LogP contribution in [0.5, 0.6) is 0 Å². The van der Waals surface area contributed by atoms with E-state index in [1.807, 2.05) is 13.8 Å². The molecule has 0 aromatic heterocycles. The molecule has 1 saturated heterocycles. The molecule has 0 aromatic rings. The van der Waals surface area contributed by atoms with Gasteiger partial charge >= 0.3 is 60.4 Å². The molecule has 0 bridgehead atoms. The van der Waals surface area contributed by atoms with Crippen LogP contribution in [-0.4, -0.2) is 142 Å². The molecule has 2 aliphatic carbocycles. The minimum Gasteiger partial charge on any atom is -0.870 e. The molecule has 12 unspecified atom stereocenters. The Morgan fingerprint density at radius 1 is 0.738 bits per heavy atom. The van der Waals surface area contributed by atoms with Gasteiger partial charge in [0.2, 0.25) is 0 Å². The van der Waals surface area contributed by atoms with Crippen molar-refractivity contribution in [2.75, 3.05) is 87.6 Å². The van der Waals surface area contributed by atoms with Crippen LogP contribution in [0, 0.1) is 0 Å². The first-order chi connectivity index (χ1) is 29.0. The third-order valence-electron chi connectivity index (χ3n) is 7.32. The maximum Gasteiger partial charge on any atom is 1.00 e. The molecule has 3 aliphatic rings. The smallest absolute Gasteiger partial charge is 0.870 e. The molecule has 3 fully saturated rings. The summed E-state index contributed by atoms with van der Waals surface area (Å²) in [6.07, 6.45) is 4.90. The van der Waals surface area contributed by atoms with Crippen LogP contribution >= 0.6 is 89.3 Å². The zero-order valence-corrected chi connectivity index (χ0v) is 50.6. The van der Waals surface area contributed by atoms with Gasteiger partial charge in [-0.3, -0.25) is 22.7 Å². The molecule has 0 radical (unpaired) electrons. The largest absolute Gasteiger partial charge is 1.00 e. The van der Waals surface area contributed by atoms with Crippen LogP contribution in [-0.2, 0) is 82.3 Å². The van der Waals surface area contributed by atoms with Crippen LogP contribution in [0.2, 0.25) is 0 Å². The summed E-state index contributed by atoms with van der Waals surface area (Å²) >= 11 is 11.1. The van der Waals surface area contributed by atoms with Crippen LogP contribution in [0.15, 0.2) is 0 Å². The van der Waals surface area contributed by atoms with Gasteiger partial charge in [-0.1, -0.05) is 12.8 Å². The molecule has 0 aromatic carbocycles. The Bertz CT molecular complexity index is 1420. The van der Waals surface area contributed by atoms with E-state index in [0.717, 1.165) is 19.3 Å². The van der Waals surface area contributed by atoms with E-state index in [2.05, 4.69) is 35.8 Å². The van der Waals surface area contributed by atoms with Crippen molar-refractivity contribution in [1.82, 2.24) is 5.09 Å². The number of hydrogen-bond donors (Lipinski definition) is 2. The molecule has 4 N–H and O–H groups in total. The third kappa shape index (κ3) is 51.4. The quantitative estimate of drug-likeness (QED) is 0.0678. The van der Waals surface area contributed by atoms with Gasteiger partial charge in [-0.2, -0.15) is 0 Å². The first-order valence-corrected chi connectivity index (χ1v) is 33.1. The van der Waals surface area contributed by atoms with E-state index in [4.69, 9.17) is 74.1 Å². The molecule has 12 atom stereocenters. The summed E-state index contributed by atoms with van der Waals surface area (Å²) in [6, 6.07) is 0.782. The number of nitrogens with two attached hydrogens (primary N) is 1. The minimum atomic E-state index is -3.84. The molecule has 1 aliphatic heterocycles. The molecule has 2 saturated carbocycles. The molecule has 0 amide bonds. The second-order valence-electron chi connectivity index (χ2n) is 14.7. The van der Waals surface area contributed by atoms with Crippen molar-refractivity contribution >= 4 is 89.3 Å². The SMILES string of the molecule is CC1CO[P+](=O)O1.COCC(C)OP(=O)(Cl)OCC(C)OP(C)(=O)OCC(C)OP(C)(=O)NC1CCC1.COCC(C)OP(C)(=O)Cl.COCC(C)O[P+](C)=O.ClCl.NC1CCC1.[Na+].[OH-]. The maximum atomic E-state index is 12.5. The molecule has 65 heavy (non-hydrogen) atoms. The van der Waals surface area contributed by atoms with Crippen molar-refractivity contribution in [2.45, 2.75) is 129 Å². The Labute approximate surface area is 430 Å². The second-order valence-corrected chi connectivity index (χ2v) is 27.0. The number of rotatable bonds is 24. The number of hydrogen-bond acceptors (Lipinski definition) is 20. The van der Waals surface area contributed by atoms with Gasteiger partial charge in [0.1, 0.15) is 18.8 Å². The van der Waals surface area contributed by atoms with Gasteiger partial charge in [0, 0.05) is 90.9 Å². The fourth-order valence-electron chi connectivity index (χ4n) is 4.52. The van der Waals surface area contributed by atoms with Crippen molar-refractivity contribution < 1.29 is 117 Å². The van der Waals surface area contributed by atoms with Gasteiger partial charge in [-0.15, -0.1) is 13.6 Å². The van der Waals surface area contributed by atoms with Crippen LogP contribution < -0.4 is 40.4 Å². The Balaban J connectivity index is -0.000000277. The third-order valence-corrected chi connectivity index (χ3v) is 14.4. The van der Waals surface area contributed by atoms with Crippen molar-refractivity contribution in [3.05, 3.63) is 0 Å². The van der Waals surface area contributed by atoms with Crippen LogP contribution in [0.4, 0.5) is 0 Å². The fourth-order valence-corrected chi connectivity index (χ4v) is 11.5. The first kappa shape index (κ1) is 76.6. The number of methoxy groups -OCH3 is 3. The van der Waals surface area contributed by atoms with Crippen LogP contribution in [0.1, 0.15) is 80.1 Å². The Morgan fingerprint density at radius 2 is 1.15 bits per heavy atom. The van der Waals surface area contributed by atoms with E-state index < -0.39 is 63.4 Å². The van der Waals surface area contributed by atoms with Gasteiger partial charge in [0.15, 0.2) is 6.66 Å². The zero-order valence-electron chi connectivity index (χ0n) is 40.2. The Kier molecular flexibility index (Phi) is 50.8. The monoisotopic (exact) mass is 1150 g/mol. The molecule has 0 spiro atoms. The standard InChI is InChI=1S/C16H35ClNO9P3.C5H12ClO3P.C5H12O3P.C4H9N.C3H6O3P.Cl2.Na.H2O/c1-13(10-22-4)27-30(17,21)24-12-15(3)26-29(6,20)23-11-14(2)25-28(5,19)18-16-8-7-9-16;1-5(4-8-2)9-10(3,6)7;1-5(4-7-2)8-9(3)6;5-4-2-1-3-4;1-3-2-5-7(4)6-3;1-2;;/h13-16H,7-12H2,1-6H3,(H,18,19);5H,4H2,1-3H3;5H,4H2,1-3H3;4H,1-3,5H2;3H,2H2,1H3;;;1H2/q;;+1;;+1;;+1;/p-1. The predicted molar refractivity (Wildman–Crippen MR) is 254 cm³/mol. The van der Waals surface area contributed by atoms with Crippen molar-refractivity contribution in [3.8, 4) is 0 Å². The molecule has 1 heterocycles. The van der Waals surface area contributed by atoms with E-state index in [9.17, 15) is 27.4 Å². The molecular formula is C33H75Cl4N2NaO19P6+2. The topological polar surface area (TPSA) is 281 Å². The summed E-state index contributed by atoms with van der Waals surface area (Å²) in [5.41, 5.74) is 5.38. The first-order valence-electron chi connectivity index (χ1n) is 19.8. The molecule has 32 heteroatoms. The predicted octanol–water partition coefficient (Wildman–Crippen LogP) is 8.31. The summed E-state index contributed by atoms with van der Waals surface area (Å²) in [7, 11) is 3.15.